The van der Waals surface area contributed by atoms with E-state index in [-0.39, 0.29) is 18.9 Å². The Morgan fingerprint density at radius 3 is 2.58 bits per heavy atom. The van der Waals surface area contributed by atoms with Gasteiger partial charge in [0.05, 0.1) is 11.6 Å². The average Bonchev–Trinajstić information content (AvgIpc) is 2.98. The molecule has 9 heteroatoms. The van der Waals surface area contributed by atoms with Gasteiger partial charge in [-0.1, -0.05) is 55.1 Å². The third-order valence-corrected chi connectivity index (χ3v) is 5.68. The first-order valence-electron chi connectivity index (χ1n) is 9.93. The molecular weight excluding hydrogens is 446 g/mol. The monoisotopic (exact) mass is 468 g/mol. The van der Waals surface area contributed by atoms with E-state index >= 15 is 0 Å². The van der Waals surface area contributed by atoms with Crippen molar-refractivity contribution >= 4 is 35.1 Å². The summed E-state index contributed by atoms with van der Waals surface area (Å²) in [5.74, 6) is -0.637. The molecule has 0 saturated carbocycles. The number of amides is 3. The smallest absolute Gasteiger partial charge is 0.325 e. The van der Waals surface area contributed by atoms with Crippen molar-refractivity contribution in [2.75, 3.05) is 13.2 Å². The summed E-state index contributed by atoms with van der Waals surface area (Å²) in [6.07, 6.45) is 0.694. The molecule has 6 nitrogen and oxygen atoms in total. The fourth-order valence-corrected chi connectivity index (χ4v) is 3.85. The molecule has 1 fully saturated rings. The standard InChI is InChI=1S/C22H23Cl2FN2O4/c1-2-3-10-22(14-4-7-16(25)8-5-14)20(29)27(21(30)26-22)12-17(28)13-31-19-11-15(23)6-9-18(19)24/h4-9,11,17,28H,2-3,10,12-13H2,1H3,(H,26,30). The fraction of sp³-hybridized carbons (Fsp3) is 0.364. The molecule has 1 heterocycles. The van der Waals surface area contributed by atoms with Gasteiger partial charge < -0.3 is 15.2 Å². The lowest BCUT2D eigenvalue weighted by Crippen LogP contribution is -2.45. The van der Waals surface area contributed by atoms with E-state index in [1.165, 1.54) is 30.3 Å². The van der Waals surface area contributed by atoms with Crippen molar-refractivity contribution in [2.24, 2.45) is 0 Å². The number of ether oxygens (including phenoxy) is 1. The van der Waals surface area contributed by atoms with Crippen LogP contribution in [-0.4, -0.2) is 41.2 Å². The van der Waals surface area contributed by atoms with Gasteiger partial charge in [-0.25, -0.2) is 9.18 Å². The third kappa shape index (κ3) is 5.11. The number of benzene rings is 2. The number of β-amino-alcohol motifs (C(OH)–C–C–N with tert-alkyl or cyclic N) is 1. The second-order valence-electron chi connectivity index (χ2n) is 7.40. The summed E-state index contributed by atoms with van der Waals surface area (Å²) in [4.78, 5) is 26.9. The second kappa shape index (κ2) is 9.85. The van der Waals surface area contributed by atoms with E-state index in [1.54, 1.807) is 12.1 Å². The van der Waals surface area contributed by atoms with Gasteiger partial charge in [0.25, 0.3) is 5.91 Å². The maximum Gasteiger partial charge on any atom is 0.325 e. The van der Waals surface area contributed by atoms with Crippen LogP contribution in [0.3, 0.4) is 0 Å². The van der Waals surface area contributed by atoms with Crippen LogP contribution in [0, 0.1) is 5.82 Å². The zero-order valence-electron chi connectivity index (χ0n) is 16.9. The molecule has 2 atom stereocenters. The number of hydrogen-bond acceptors (Lipinski definition) is 4. The van der Waals surface area contributed by atoms with Crippen LogP contribution in [-0.2, 0) is 10.3 Å². The molecule has 2 unspecified atom stereocenters. The van der Waals surface area contributed by atoms with Gasteiger partial charge in [-0.05, 0) is 36.2 Å². The van der Waals surface area contributed by atoms with Gasteiger partial charge in [-0.3, -0.25) is 9.69 Å². The highest BCUT2D eigenvalue weighted by Crippen LogP contribution is 2.34. The van der Waals surface area contributed by atoms with Gasteiger partial charge in [0.15, 0.2) is 0 Å². The summed E-state index contributed by atoms with van der Waals surface area (Å²) in [5, 5.41) is 13.9. The van der Waals surface area contributed by atoms with E-state index < -0.39 is 29.4 Å². The molecule has 3 rings (SSSR count). The zero-order valence-corrected chi connectivity index (χ0v) is 18.4. The Bertz CT molecular complexity index is 957. The molecule has 0 spiro atoms. The number of nitrogens with zero attached hydrogens (tertiary/aromatic N) is 1. The maximum absolute atomic E-state index is 13.4. The normalized spacial score (nSPS) is 19.5. The predicted octanol–water partition coefficient (Wildman–Crippen LogP) is 4.51. The molecule has 0 bridgehead atoms. The number of urea groups is 1. The molecule has 2 N–H and O–H groups in total. The molecular formula is C22H23Cl2FN2O4. The first kappa shape index (κ1) is 23.3. The van der Waals surface area contributed by atoms with E-state index in [2.05, 4.69) is 5.32 Å². The zero-order chi connectivity index (χ0) is 22.6. The van der Waals surface area contributed by atoms with E-state index in [0.717, 1.165) is 11.3 Å². The Morgan fingerprint density at radius 1 is 1.19 bits per heavy atom. The highest BCUT2D eigenvalue weighted by Gasteiger charge is 2.52. The molecule has 31 heavy (non-hydrogen) atoms. The van der Waals surface area contributed by atoms with Gasteiger partial charge >= 0.3 is 6.03 Å². The van der Waals surface area contributed by atoms with Gasteiger partial charge in [0, 0.05) is 11.1 Å². The number of carbonyl (C=O) groups is 2. The van der Waals surface area contributed by atoms with Crippen molar-refractivity contribution < 1.29 is 23.8 Å². The minimum atomic E-state index is -1.29. The summed E-state index contributed by atoms with van der Waals surface area (Å²) in [5.41, 5.74) is -0.794. The summed E-state index contributed by atoms with van der Waals surface area (Å²) in [6.45, 7) is 1.51. The Balaban J connectivity index is 1.74. The van der Waals surface area contributed by atoms with Crippen LogP contribution in [0.1, 0.15) is 31.7 Å². The fourth-order valence-electron chi connectivity index (χ4n) is 3.51. The van der Waals surface area contributed by atoms with Crippen molar-refractivity contribution in [3.05, 3.63) is 63.9 Å². The SMILES string of the molecule is CCCCC1(c2ccc(F)cc2)NC(=O)N(CC(O)COc2cc(Cl)ccc2Cl)C1=O. The largest absolute Gasteiger partial charge is 0.489 e. The average molecular weight is 469 g/mol. The molecule has 0 aliphatic carbocycles. The third-order valence-electron chi connectivity index (χ3n) is 5.14. The van der Waals surface area contributed by atoms with Crippen LogP contribution in [0.5, 0.6) is 5.75 Å². The molecule has 1 aliphatic rings. The summed E-state index contributed by atoms with van der Waals surface area (Å²) in [7, 11) is 0. The number of rotatable bonds is 9. The number of hydrogen-bond donors (Lipinski definition) is 2. The maximum atomic E-state index is 13.4. The lowest BCUT2D eigenvalue weighted by atomic mass is 9.84. The minimum absolute atomic E-state index is 0.199. The van der Waals surface area contributed by atoms with Crippen LogP contribution in [0.15, 0.2) is 42.5 Å². The molecule has 1 aliphatic heterocycles. The van der Waals surface area contributed by atoms with Crippen molar-refractivity contribution in [1.29, 1.82) is 0 Å². The number of imide groups is 1. The number of nitrogens with one attached hydrogen (secondary N) is 1. The molecule has 166 valence electrons. The molecule has 2 aromatic carbocycles. The second-order valence-corrected chi connectivity index (χ2v) is 8.24. The summed E-state index contributed by atoms with van der Waals surface area (Å²) in [6, 6.07) is 9.55. The van der Waals surface area contributed by atoms with E-state index in [0.29, 0.717) is 28.5 Å². The number of aliphatic hydroxyl groups is 1. The number of aliphatic hydroxyl groups excluding tert-OH is 1. The van der Waals surface area contributed by atoms with E-state index in [1.807, 2.05) is 6.92 Å². The van der Waals surface area contributed by atoms with Crippen molar-refractivity contribution in [3.63, 3.8) is 0 Å². The molecule has 3 amide bonds. The van der Waals surface area contributed by atoms with Crippen LogP contribution >= 0.6 is 23.2 Å². The minimum Gasteiger partial charge on any atom is -0.489 e. The van der Waals surface area contributed by atoms with Crippen molar-refractivity contribution in [3.8, 4) is 5.75 Å². The van der Waals surface area contributed by atoms with Gasteiger partial charge in [-0.2, -0.15) is 0 Å². The molecule has 0 aromatic heterocycles. The predicted molar refractivity (Wildman–Crippen MR) is 116 cm³/mol. The first-order valence-corrected chi connectivity index (χ1v) is 10.7. The lowest BCUT2D eigenvalue weighted by Gasteiger charge is -2.27. The Kier molecular flexibility index (Phi) is 7.41. The summed E-state index contributed by atoms with van der Waals surface area (Å²) < 4.78 is 18.9. The van der Waals surface area contributed by atoms with Gasteiger partial charge in [0.2, 0.25) is 0 Å². The number of carbonyl (C=O) groups excluding carboxylic acids is 2. The van der Waals surface area contributed by atoms with Crippen LogP contribution < -0.4 is 10.1 Å². The Morgan fingerprint density at radius 2 is 1.90 bits per heavy atom. The van der Waals surface area contributed by atoms with Crippen LogP contribution in [0.4, 0.5) is 9.18 Å². The van der Waals surface area contributed by atoms with E-state index in [4.69, 9.17) is 27.9 Å². The van der Waals surface area contributed by atoms with Crippen molar-refractivity contribution in [1.82, 2.24) is 10.2 Å². The molecule has 0 radical (unpaired) electrons. The number of unbranched alkanes of at least 4 members (excludes halogenated alkanes) is 1. The topological polar surface area (TPSA) is 78.9 Å². The van der Waals surface area contributed by atoms with Gasteiger partial charge in [-0.15, -0.1) is 0 Å². The van der Waals surface area contributed by atoms with Crippen molar-refractivity contribution in [2.45, 2.75) is 37.8 Å². The highest BCUT2D eigenvalue weighted by molar-refractivity contribution is 6.34. The first-order chi connectivity index (χ1) is 14.8. The Hall–Kier alpha value is -2.35. The van der Waals surface area contributed by atoms with Crippen LogP contribution in [0.25, 0.3) is 0 Å². The Labute approximate surface area is 189 Å². The molecule has 2 aromatic rings. The quantitative estimate of drug-likeness (QED) is 0.530. The number of halogens is 3. The van der Waals surface area contributed by atoms with Crippen LogP contribution in [0.2, 0.25) is 10.0 Å². The summed E-state index contributed by atoms with van der Waals surface area (Å²) >= 11 is 12.0. The lowest BCUT2D eigenvalue weighted by molar-refractivity contribution is -0.133. The highest BCUT2D eigenvalue weighted by atomic mass is 35.5. The van der Waals surface area contributed by atoms with E-state index in [9.17, 15) is 19.1 Å². The van der Waals surface area contributed by atoms with Gasteiger partial charge in [0.1, 0.15) is 29.8 Å². The molecule has 1 saturated heterocycles.